The molecule has 6 heteroatoms. The standard InChI is InChI=1S/C12H28N2O2S.ClH/c1-6-11(4)9-17(15,16)14(5)8-7-12(13)10(2)3;/h10-12H,6-9,13H2,1-5H3;1H. The fourth-order valence-corrected chi connectivity index (χ4v) is 3.00. The van der Waals surface area contributed by atoms with E-state index in [-0.39, 0.29) is 30.1 Å². The van der Waals surface area contributed by atoms with Crippen LogP contribution in [0.2, 0.25) is 0 Å². The zero-order valence-corrected chi connectivity index (χ0v) is 13.9. The second-order valence-corrected chi connectivity index (χ2v) is 7.43. The Bertz CT molecular complexity index is 307. The average molecular weight is 301 g/mol. The molecule has 0 heterocycles. The van der Waals surface area contributed by atoms with Crippen molar-refractivity contribution in [1.82, 2.24) is 4.31 Å². The summed E-state index contributed by atoms with van der Waals surface area (Å²) in [4.78, 5) is 0. The van der Waals surface area contributed by atoms with Crippen LogP contribution in [0.4, 0.5) is 0 Å². The van der Waals surface area contributed by atoms with E-state index in [1.807, 2.05) is 13.8 Å². The Morgan fingerprint density at radius 1 is 1.22 bits per heavy atom. The summed E-state index contributed by atoms with van der Waals surface area (Å²) in [6.45, 7) is 8.59. The van der Waals surface area contributed by atoms with Gasteiger partial charge in [0.2, 0.25) is 10.0 Å². The highest BCUT2D eigenvalue weighted by atomic mass is 35.5. The summed E-state index contributed by atoms with van der Waals surface area (Å²) in [5.41, 5.74) is 5.91. The van der Waals surface area contributed by atoms with Crippen LogP contribution in [0, 0.1) is 11.8 Å². The van der Waals surface area contributed by atoms with Gasteiger partial charge in [-0.1, -0.05) is 34.1 Å². The molecule has 0 rings (SSSR count). The summed E-state index contributed by atoms with van der Waals surface area (Å²) < 4.78 is 25.4. The number of sulfonamides is 1. The van der Waals surface area contributed by atoms with E-state index in [4.69, 9.17) is 5.73 Å². The van der Waals surface area contributed by atoms with Gasteiger partial charge in [0.25, 0.3) is 0 Å². The average Bonchev–Trinajstić information content (AvgIpc) is 2.24. The van der Waals surface area contributed by atoms with Gasteiger partial charge >= 0.3 is 0 Å². The predicted octanol–water partition coefficient (Wildman–Crippen LogP) is 2.09. The van der Waals surface area contributed by atoms with Crippen molar-refractivity contribution in [3.8, 4) is 0 Å². The largest absolute Gasteiger partial charge is 0.327 e. The highest BCUT2D eigenvalue weighted by Gasteiger charge is 2.21. The molecule has 0 amide bonds. The molecule has 0 aromatic rings. The Kier molecular flexibility index (Phi) is 10.4. The molecule has 0 aliphatic carbocycles. The van der Waals surface area contributed by atoms with Crippen molar-refractivity contribution in [2.45, 2.75) is 46.6 Å². The van der Waals surface area contributed by atoms with Gasteiger partial charge in [-0.25, -0.2) is 12.7 Å². The van der Waals surface area contributed by atoms with Crippen molar-refractivity contribution in [3.63, 3.8) is 0 Å². The predicted molar refractivity (Wildman–Crippen MR) is 80.6 cm³/mol. The van der Waals surface area contributed by atoms with Gasteiger partial charge in [-0.3, -0.25) is 0 Å². The molecule has 18 heavy (non-hydrogen) atoms. The van der Waals surface area contributed by atoms with E-state index in [2.05, 4.69) is 13.8 Å². The number of nitrogens with zero attached hydrogens (tertiary/aromatic N) is 1. The molecule has 0 bridgehead atoms. The van der Waals surface area contributed by atoms with E-state index in [0.29, 0.717) is 18.9 Å². The summed E-state index contributed by atoms with van der Waals surface area (Å²) in [5, 5.41) is 0. The molecule has 2 atom stereocenters. The van der Waals surface area contributed by atoms with Crippen molar-refractivity contribution in [3.05, 3.63) is 0 Å². The van der Waals surface area contributed by atoms with E-state index in [1.165, 1.54) is 4.31 Å². The third-order valence-electron chi connectivity index (χ3n) is 3.30. The molecule has 0 aromatic carbocycles. The number of rotatable bonds is 8. The molecule has 0 spiro atoms. The lowest BCUT2D eigenvalue weighted by Crippen LogP contribution is -2.36. The third kappa shape index (κ3) is 7.56. The van der Waals surface area contributed by atoms with E-state index in [1.54, 1.807) is 7.05 Å². The van der Waals surface area contributed by atoms with E-state index in [0.717, 1.165) is 6.42 Å². The first-order valence-electron chi connectivity index (χ1n) is 6.40. The molecule has 0 saturated heterocycles. The zero-order valence-electron chi connectivity index (χ0n) is 12.2. The zero-order chi connectivity index (χ0) is 13.6. The van der Waals surface area contributed by atoms with E-state index < -0.39 is 10.0 Å². The van der Waals surface area contributed by atoms with Crippen molar-refractivity contribution >= 4 is 22.4 Å². The summed E-state index contributed by atoms with van der Waals surface area (Å²) in [5.74, 6) is 0.832. The minimum Gasteiger partial charge on any atom is -0.327 e. The molecule has 4 nitrogen and oxygen atoms in total. The SMILES string of the molecule is CCC(C)CS(=O)(=O)N(C)CCC(N)C(C)C.Cl. The fraction of sp³-hybridized carbons (Fsp3) is 1.00. The molecule has 0 aromatic heterocycles. The molecule has 0 saturated carbocycles. The first kappa shape index (κ1) is 20.5. The highest BCUT2D eigenvalue weighted by Crippen LogP contribution is 2.11. The van der Waals surface area contributed by atoms with E-state index in [9.17, 15) is 8.42 Å². The van der Waals surface area contributed by atoms with Crippen LogP contribution in [0.15, 0.2) is 0 Å². The first-order chi connectivity index (χ1) is 7.70. The monoisotopic (exact) mass is 300 g/mol. The van der Waals surface area contributed by atoms with Gasteiger partial charge in [0.1, 0.15) is 0 Å². The van der Waals surface area contributed by atoms with Gasteiger partial charge in [-0.05, 0) is 18.3 Å². The molecule has 2 N–H and O–H groups in total. The van der Waals surface area contributed by atoms with E-state index >= 15 is 0 Å². The molecule has 0 fully saturated rings. The summed E-state index contributed by atoms with van der Waals surface area (Å²) >= 11 is 0. The Morgan fingerprint density at radius 3 is 2.11 bits per heavy atom. The van der Waals surface area contributed by atoms with Crippen LogP contribution >= 0.6 is 12.4 Å². The Labute approximate surface area is 119 Å². The molecule has 0 aliphatic heterocycles. The minimum atomic E-state index is -3.12. The fourth-order valence-electron chi connectivity index (χ4n) is 1.41. The number of nitrogens with two attached hydrogens (primary N) is 1. The van der Waals surface area contributed by atoms with Gasteiger partial charge in [0, 0.05) is 19.6 Å². The number of hydrogen-bond acceptors (Lipinski definition) is 3. The van der Waals surface area contributed by atoms with Gasteiger partial charge in [-0.15, -0.1) is 12.4 Å². The van der Waals surface area contributed by atoms with Crippen molar-refractivity contribution < 1.29 is 8.42 Å². The molecule has 0 radical (unpaired) electrons. The Morgan fingerprint density at radius 2 is 1.72 bits per heavy atom. The van der Waals surface area contributed by atoms with Crippen LogP contribution in [-0.2, 0) is 10.0 Å². The van der Waals surface area contributed by atoms with Crippen LogP contribution in [0.3, 0.4) is 0 Å². The quantitative estimate of drug-likeness (QED) is 0.746. The van der Waals surface area contributed by atoms with Crippen LogP contribution in [-0.4, -0.2) is 38.1 Å². The van der Waals surface area contributed by atoms with Gasteiger partial charge in [-0.2, -0.15) is 0 Å². The van der Waals surface area contributed by atoms with Crippen molar-refractivity contribution in [1.29, 1.82) is 0 Å². The number of hydrogen-bond donors (Lipinski definition) is 1. The molecule has 2 unspecified atom stereocenters. The number of halogens is 1. The third-order valence-corrected chi connectivity index (χ3v) is 5.42. The lowest BCUT2D eigenvalue weighted by Gasteiger charge is -2.22. The maximum atomic E-state index is 12.0. The maximum Gasteiger partial charge on any atom is 0.214 e. The highest BCUT2D eigenvalue weighted by molar-refractivity contribution is 7.89. The first-order valence-corrected chi connectivity index (χ1v) is 8.01. The maximum absolute atomic E-state index is 12.0. The van der Waals surface area contributed by atoms with Crippen LogP contribution in [0.1, 0.15) is 40.5 Å². The summed E-state index contributed by atoms with van der Waals surface area (Å²) in [6, 6.07) is 0.0660. The van der Waals surface area contributed by atoms with Crippen molar-refractivity contribution in [2.75, 3.05) is 19.3 Å². The summed E-state index contributed by atoms with van der Waals surface area (Å²) in [7, 11) is -1.47. The normalized spacial score (nSPS) is 15.6. The molecular formula is C12H29ClN2O2S. The Balaban J connectivity index is 0. The lowest BCUT2D eigenvalue weighted by atomic mass is 10.0. The van der Waals surface area contributed by atoms with Gasteiger partial charge in [0.05, 0.1) is 5.75 Å². The van der Waals surface area contributed by atoms with Gasteiger partial charge < -0.3 is 5.73 Å². The molecule has 112 valence electrons. The van der Waals surface area contributed by atoms with Crippen LogP contribution in [0.25, 0.3) is 0 Å². The molecule has 0 aliphatic rings. The molecular weight excluding hydrogens is 272 g/mol. The van der Waals surface area contributed by atoms with Gasteiger partial charge in [0.15, 0.2) is 0 Å². The van der Waals surface area contributed by atoms with Crippen molar-refractivity contribution in [2.24, 2.45) is 17.6 Å². The van der Waals surface area contributed by atoms with Crippen LogP contribution in [0.5, 0.6) is 0 Å². The topological polar surface area (TPSA) is 63.4 Å². The summed E-state index contributed by atoms with van der Waals surface area (Å²) in [6.07, 6.45) is 1.60. The minimum absolute atomic E-state index is 0. The van der Waals surface area contributed by atoms with Crippen LogP contribution < -0.4 is 5.73 Å². The second-order valence-electron chi connectivity index (χ2n) is 5.31. The smallest absolute Gasteiger partial charge is 0.214 e. The Hall–Kier alpha value is 0.160. The lowest BCUT2D eigenvalue weighted by molar-refractivity contribution is 0.394. The second kappa shape index (κ2) is 9.13.